The van der Waals surface area contributed by atoms with Crippen molar-refractivity contribution in [1.82, 2.24) is 0 Å². The third-order valence-corrected chi connectivity index (χ3v) is 2.78. The number of rotatable bonds is 5. The zero-order valence-electron chi connectivity index (χ0n) is 11.5. The van der Waals surface area contributed by atoms with E-state index in [9.17, 15) is 9.59 Å². The number of anilines is 1. The van der Waals surface area contributed by atoms with E-state index in [1.165, 1.54) is 7.11 Å². The van der Waals surface area contributed by atoms with E-state index < -0.39 is 5.97 Å². The predicted octanol–water partition coefficient (Wildman–Crippen LogP) is 1.79. The zero-order valence-corrected chi connectivity index (χ0v) is 11.5. The van der Waals surface area contributed by atoms with Gasteiger partial charge in [-0.1, -0.05) is 13.8 Å². The van der Waals surface area contributed by atoms with Crippen LogP contribution in [0, 0.1) is 5.41 Å². The van der Waals surface area contributed by atoms with Crippen LogP contribution in [0.4, 0.5) is 5.69 Å². The van der Waals surface area contributed by atoms with E-state index in [2.05, 4.69) is 10.1 Å². The lowest BCUT2D eigenvalue weighted by Gasteiger charge is -2.21. The maximum absolute atomic E-state index is 11.8. The zero-order chi connectivity index (χ0) is 14.5. The average Bonchev–Trinajstić information content (AvgIpc) is 2.38. The number of amides is 1. The number of ether oxygens (including phenoxy) is 1. The predicted molar refractivity (Wildman–Crippen MR) is 73.9 cm³/mol. The summed E-state index contributed by atoms with van der Waals surface area (Å²) in [5.74, 6) is -0.497. The molecule has 0 fully saturated rings. The molecule has 0 atom stereocenters. The summed E-state index contributed by atoms with van der Waals surface area (Å²) in [5, 5.41) is 2.77. The topological polar surface area (TPSA) is 81.4 Å². The molecule has 1 aromatic rings. The van der Waals surface area contributed by atoms with Gasteiger partial charge >= 0.3 is 5.97 Å². The Balaban J connectivity index is 2.63. The summed E-state index contributed by atoms with van der Waals surface area (Å²) in [6, 6.07) is 6.55. The maximum Gasteiger partial charge on any atom is 0.337 e. The lowest BCUT2D eigenvalue weighted by atomic mass is 9.89. The molecular weight excluding hydrogens is 244 g/mol. The molecule has 5 heteroatoms. The van der Waals surface area contributed by atoms with Crippen molar-refractivity contribution in [3.05, 3.63) is 29.8 Å². The number of benzene rings is 1. The molecule has 3 N–H and O–H groups in total. The smallest absolute Gasteiger partial charge is 0.337 e. The van der Waals surface area contributed by atoms with Crippen LogP contribution >= 0.6 is 0 Å². The summed E-state index contributed by atoms with van der Waals surface area (Å²) in [6.07, 6.45) is 0.349. The molecule has 0 aromatic heterocycles. The standard InChI is InChI=1S/C14H20N2O3/c1-14(2,9-15)8-12(17)16-11-6-4-10(5-7-11)13(18)19-3/h4-7H,8-9,15H2,1-3H3,(H,16,17). The molecule has 0 aliphatic rings. The lowest BCUT2D eigenvalue weighted by molar-refractivity contribution is -0.117. The summed E-state index contributed by atoms with van der Waals surface area (Å²) >= 11 is 0. The number of hydrogen-bond donors (Lipinski definition) is 2. The number of nitrogens with two attached hydrogens (primary N) is 1. The Morgan fingerprint density at radius 3 is 2.32 bits per heavy atom. The van der Waals surface area contributed by atoms with Gasteiger partial charge in [0.25, 0.3) is 0 Å². The van der Waals surface area contributed by atoms with E-state index in [1.807, 2.05) is 13.8 Å². The molecule has 104 valence electrons. The number of nitrogens with one attached hydrogen (secondary N) is 1. The van der Waals surface area contributed by atoms with Gasteiger partial charge in [0.2, 0.25) is 5.91 Å². The quantitative estimate of drug-likeness (QED) is 0.794. The Labute approximate surface area is 113 Å². The summed E-state index contributed by atoms with van der Waals surface area (Å²) in [7, 11) is 1.33. The molecule has 19 heavy (non-hydrogen) atoms. The van der Waals surface area contributed by atoms with Crippen LogP contribution in [0.5, 0.6) is 0 Å². The highest BCUT2D eigenvalue weighted by Crippen LogP contribution is 2.19. The van der Waals surface area contributed by atoms with Crippen LogP contribution in [0.2, 0.25) is 0 Å². The second kappa shape index (κ2) is 6.33. The molecule has 5 nitrogen and oxygen atoms in total. The van der Waals surface area contributed by atoms with Gasteiger partial charge in [0.1, 0.15) is 0 Å². The van der Waals surface area contributed by atoms with E-state index in [1.54, 1.807) is 24.3 Å². The molecule has 1 amide bonds. The number of esters is 1. The Morgan fingerprint density at radius 2 is 1.84 bits per heavy atom. The van der Waals surface area contributed by atoms with Gasteiger partial charge in [-0.15, -0.1) is 0 Å². The number of methoxy groups -OCH3 is 1. The summed E-state index contributed by atoms with van der Waals surface area (Å²) in [6.45, 7) is 4.32. The highest BCUT2D eigenvalue weighted by Gasteiger charge is 2.20. The van der Waals surface area contributed by atoms with E-state index in [-0.39, 0.29) is 11.3 Å². The van der Waals surface area contributed by atoms with Crippen LogP contribution in [0.3, 0.4) is 0 Å². The second-order valence-electron chi connectivity index (χ2n) is 5.16. The fourth-order valence-electron chi connectivity index (χ4n) is 1.52. The first-order chi connectivity index (χ1) is 8.88. The summed E-state index contributed by atoms with van der Waals surface area (Å²) in [4.78, 5) is 23.1. The van der Waals surface area contributed by atoms with Crippen molar-refractivity contribution in [2.75, 3.05) is 19.0 Å². The van der Waals surface area contributed by atoms with Gasteiger partial charge in [0.15, 0.2) is 0 Å². The summed E-state index contributed by atoms with van der Waals surface area (Å²) in [5.41, 5.74) is 6.45. The number of carbonyl (C=O) groups is 2. The van der Waals surface area contributed by atoms with Crippen molar-refractivity contribution in [3.8, 4) is 0 Å². The third kappa shape index (κ3) is 4.71. The molecule has 0 unspecified atom stereocenters. The first-order valence-corrected chi connectivity index (χ1v) is 6.06. The molecule has 0 bridgehead atoms. The lowest BCUT2D eigenvalue weighted by Crippen LogP contribution is -2.29. The molecular formula is C14H20N2O3. The Kier molecular flexibility index (Phi) is 5.06. The molecule has 0 aliphatic carbocycles. The van der Waals surface area contributed by atoms with Crippen molar-refractivity contribution in [2.24, 2.45) is 11.1 Å². The van der Waals surface area contributed by atoms with E-state index >= 15 is 0 Å². The van der Waals surface area contributed by atoms with Crippen LogP contribution in [-0.2, 0) is 9.53 Å². The highest BCUT2D eigenvalue weighted by atomic mass is 16.5. The third-order valence-electron chi connectivity index (χ3n) is 2.78. The van der Waals surface area contributed by atoms with Gasteiger partial charge in [-0.3, -0.25) is 4.79 Å². The fourth-order valence-corrected chi connectivity index (χ4v) is 1.52. The van der Waals surface area contributed by atoms with Crippen molar-refractivity contribution in [1.29, 1.82) is 0 Å². The van der Waals surface area contributed by atoms with Gasteiger partial charge in [-0.05, 0) is 36.2 Å². The molecule has 0 heterocycles. The van der Waals surface area contributed by atoms with Gasteiger partial charge in [-0.2, -0.15) is 0 Å². The van der Waals surface area contributed by atoms with Crippen LogP contribution < -0.4 is 11.1 Å². The van der Waals surface area contributed by atoms with Crippen LogP contribution in [0.1, 0.15) is 30.6 Å². The molecule has 0 aliphatic heterocycles. The maximum atomic E-state index is 11.8. The van der Waals surface area contributed by atoms with Crippen molar-refractivity contribution in [3.63, 3.8) is 0 Å². The number of hydrogen-bond acceptors (Lipinski definition) is 4. The van der Waals surface area contributed by atoms with Gasteiger partial charge < -0.3 is 15.8 Å². The first-order valence-electron chi connectivity index (χ1n) is 6.06. The Bertz CT molecular complexity index is 452. The van der Waals surface area contributed by atoms with Crippen molar-refractivity contribution < 1.29 is 14.3 Å². The molecule has 0 spiro atoms. The molecule has 1 rings (SSSR count). The SMILES string of the molecule is COC(=O)c1ccc(NC(=O)CC(C)(C)CN)cc1. The normalized spacial score (nSPS) is 10.9. The minimum absolute atomic E-state index is 0.0960. The summed E-state index contributed by atoms with van der Waals surface area (Å²) < 4.78 is 4.60. The molecule has 0 saturated carbocycles. The Morgan fingerprint density at radius 1 is 1.26 bits per heavy atom. The number of carbonyl (C=O) groups excluding carboxylic acids is 2. The largest absolute Gasteiger partial charge is 0.465 e. The molecule has 0 radical (unpaired) electrons. The van der Waals surface area contributed by atoms with Gasteiger partial charge in [0, 0.05) is 12.1 Å². The van der Waals surface area contributed by atoms with Crippen LogP contribution in [0.25, 0.3) is 0 Å². The van der Waals surface area contributed by atoms with Crippen molar-refractivity contribution in [2.45, 2.75) is 20.3 Å². The van der Waals surface area contributed by atoms with Gasteiger partial charge in [0.05, 0.1) is 12.7 Å². The van der Waals surface area contributed by atoms with Crippen molar-refractivity contribution >= 4 is 17.6 Å². The highest BCUT2D eigenvalue weighted by molar-refractivity contribution is 5.93. The van der Waals surface area contributed by atoms with E-state index in [4.69, 9.17) is 5.73 Å². The van der Waals surface area contributed by atoms with Crippen LogP contribution in [0.15, 0.2) is 24.3 Å². The van der Waals surface area contributed by atoms with Gasteiger partial charge in [-0.25, -0.2) is 4.79 Å². The molecule has 1 aromatic carbocycles. The molecule has 0 saturated heterocycles. The first kappa shape index (κ1) is 15.2. The minimum Gasteiger partial charge on any atom is -0.465 e. The minimum atomic E-state index is -0.401. The van der Waals surface area contributed by atoms with E-state index in [0.717, 1.165) is 0 Å². The fraction of sp³-hybridized carbons (Fsp3) is 0.429. The van der Waals surface area contributed by atoms with Crippen LogP contribution in [-0.4, -0.2) is 25.5 Å². The average molecular weight is 264 g/mol. The van der Waals surface area contributed by atoms with E-state index in [0.29, 0.717) is 24.2 Å². The monoisotopic (exact) mass is 264 g/mol. The second-order valence-corrected chi connectivity index (χ2v) is 5.16. The Hall–Kier alpha value is -1.88.